The van der Waals surface area contributed by atoms with Gasteiger partial charge >= 0.3 is 12.4 Å². The Balaban J connectivity index is 1.71. The maximum Gasteiger partial charge on any atom is 0.416 e. The molecule has 0 spiro atoms. The molecule has 3 nitrogen and oxygen atoms in total. The lowest BCUT2D eigenvalue weighted by atomic mass is 9.92. The fourth-order valence-electron chi connectivity index (χ4n) is 7.51. The summed E-state index contributed by atoms with van der Waals surface area (Å²) >= 11 is 0. The Morgan fingerprint density at radius 2 is 0.865 bits per heavy atom. The van der Waals surface area contributed by atoms with E-state index in [1.165, 1.54) is 6.07 Å². The first kappa shape index (κ1) is 33.2. The number of nitrogens with zero attached hydrogens (tertiary/aromatic N) is 3. The summed E-state index contributed by atoms with van der Waals surface area (Å²) in [6.07, 6.45) is -9.83. The molecule has 0 bridgehead atoms. The van der Waals surface area contributed by atoms with Crippen molar-refractivity contribution in [1.82, 2.24) is 9.13 Å². The van der Waals surface area contributed by atoms with Crippen LogP contribution in [-0.4, -0.2) is 9.13 Å². The number of fused-ring (bicyclic) bond motifs is 6. The Morgan fingerprint density at radius 3 is 1.19 bits per heavy atom. The van der Waals surface area contributed by atoms with Crippen molar-refractivity contribution in [3.05, 3.63) is 148 Å². The van der Waals surface area contributed by atoms with Crippen molar-refractivity contribution < 1.29 is 26.3 Å². The van der Waals surface area contributed by atoms with E-state index in [0.29, 0.717) is 22.1 Å². The zero-order valence-corrected chi connectivity index (χ0v) is 28.4. The molecule has 8 rings (SSSR count). The molecular weight excluding hydrogens is 672 g/mol. The third-order valence-electron chi connectivity index (χ3n) is 9.78. The lowest BCUT2D eigenvalue weighted by Crippen LogP contribution is -2.13. The number of rotatable bonds is 3. The van der Waals surface area contributed by atoms with Crippen molar-refractivity contribution in [3.8, 4) is 22.5 Å². The molecule has 0 fully saturated rings. The van der Waals surface area contributed by atoms with E-state index in [1.807, 2.05) is 100 Å². The predicted octanol–water partition coefficient (Wildman–Crippen LogP) is 13.4. The maximum absolute atomic E-state index is 15.2. The highest BCUT2D eigenvalue weighted by Gasteiger charge is 2.39. The molecule has 0 radical (unpaired) electrons. The van der Waals surface area contributed by atoms with Gasteiger partial charge in [-0.2, -0.15) is 26.3 Å². The van der Waals surface area contributed by atoms with Crippen LogP contribution in [0.4, 0.5) is 32.0 Å². The van der Waals surface area contributed by atoms with E-state index < -0.39 is 29.0 Å². The van der Waals surface area contributed by atoms with Gasteiger partial charge in [-0.1, -0.05) is 66.7 Å². The molecule has 0 aliphatic heterocycles. The zero-order valence-electron chi connectivity index (χ0n) is 28.4. The van der Waals surface area contributed by atoms with Crippen molar-refractivity contribution in [2.24, 2.45) is 0 Å². The van der Waals surface area contributed by atoms with Crippen LogP contribution in [0.2, 0.25) is 0 Å². The minimum Gasteiger partial charge on any atom is -0.309 e. The van der Waals surface area contributed by atoms with Gasteiger partial charge in [0.15, 0.2) is 5.69 Å². The van der Waals surface area contributed by atoms with Crippen LogP contribution in [0.25, 0.3) is 71.0 Å². The third-order valence-corrected chi connectivity index (χ3v) is 9.78. The van der Waals surface area contributed by atoms with Crippen LogP contribution in [0.1, 0.15) is 33.4 Å². The lowest BCUT2D eigenvalue weighted by molar-refractivity contribution is -0.138. The topological polar surface area (TPSA) is 14.2 Å². The monoisotopic (exact) mass is 701 g/mol. The molecule has 0 amide bonds. The summed E-state index contributed by atoms with van der Waals surface area (Å²) in [4.78, 5) is 3.55. The highest BCUT2D eigenvalue weighted by Crippen LogP contribution is 2.51. The van der Waals surface area contributed by atoms with Gasteiger partial charge in [0.25, 0.3) is 0 Å². The van der Waals surface area contributed by atoms with Gasteiger partial charge in [0, 0.05) is 32.7 Å². The van der Waals surface area contributed by atoms with Gasteiger partial charge < -0.3 is 9.13 Å². The number of hydrogen-bond acceptors (Lipinski definition) is 0. The van der Waals surface area contributed by atoms with E-state index in [2.05, 4.69) is 4.85 Å². The average molecular weight is 702 g/mol. The van der Waals surface area contributed by atoms with Crippen molar-refractivity contribution in [2.75, 3.05) is 0 Å². The molecule has 2 heterocycles. The number of aryl methyl sites for hydroxylation is 4. The van der Waals surface area contributed by atoms with E-state index in [1.54, 1.807) is 9.13 Å². The molecule has 6 aromatic carbocycles. The Morgan fingerprint density at radius 1 is 0.481 bits per heavy atom. The smallest absolute Gasteiger partial charge is 0.309 e. The summed E-state index contributed by atoms with van der Waals surface area (Å²) in [7, 11) is 0. The molecule has 258 valence electrons. The lowest BCUT2D eigenvalue weighted by Gasteiger charge is -2.25. The van der Waals surface area contributed by atoms with Gasteiger partial charge in [-0.05, 0) is 86.3 Å². The summed E-state index contributed by atoms with van der Waals surface area (Å²) in [5.41, 5.74) is 1.96. The van der Waals surface area contributed by atoms with E-state index in [4.69, 9.17) is 6.57 Å². The fourth-order valence-corrected chi connectivity index (χ4v) is 7.51. The van der Waals surface area contributed by atoms with Crippen molar-refractivity contribution in [1.29, 1.82) is 0 Å². The van der Waals surface area contributed by atoms with Crippen LogP contribution >= 0.6 is 0 Å². The summed E-state index contributed by atoms with van der Waals surface area (Å²) in [6, 6.07) is 27.5. The summed E-state index contributed by atoms with van der Waals surface area (Å²) in [5, 5.41) is 2.90. The highest BCUT2D eigenvalue weighted by molar-refractivity contribution is 6.13. The first-order chi connectivity index (χ1) is 24.7. The Hall–Kier alpha value is -6.01. The molecule has 52 heavy (non-hydrogen) atoms. The SMILES string of the molecule is [C-]#[N+]c1cccc(C(F)(F)F)c1-c1c(-n2c3cc(C)ccc3c3ccc(C)cc32)cc(C(F)(F)F)cc1-n1c2cc(C)ccc2c2ccc(C)cc21. The van der Waals surface area contributed by atoms with Gasteiger partial charge in [0.2, 0.25) is 0 Å². The van der Waals surface area contributed by atoms with E-state index >= 15 is 26.3 Å². The summed E-state index contributed by atoms with van der Waals surface area (Å²) < 4.78 is 94.6. The van der Waals surface area contributed by atoms with E-state index in [-0.39, 0.29) is 22.6 Å². The average Bonchev–Trinajstić information content (AvgIpc) is 3.56. The quantitative estimate of drug-likeness (QED) is 0.129. The number of aromatic nitrogens is 2. The minimum atomic E-state index is -4.95. The Bertz CT molecular complexity index is 2560. The van der Waals surface area contributed by atoms with Crippen molar-refractivity contribution in [3.63, 3.8) is 0 Å². The first-order valence-corrected chi connectivity index (χ1v) is 16.5. The molecule has 0 aliphatic rings. The third kappa shape index (κ3) is 5.12. The van der Waals surface area contributed by atoms with Gasteiger partial charge in [-0.15, -0.1) is 0 Å². The second-order valence-electron chi connectivity index (χ2n) is 13.4. The van der Waals surface area contributed by atoms with Gasteiger partial charge in [-0.25, -0.2) is 4.85 Å². The highest BCUT2D eigenvalue weighted by atomic mass is 19.4. The second-order valence-corrected chi connectivity index (χ2v) is 13.4. The molecule has 0 aliphatic carbocycles. The molecular formula is C43H29F6N3. The molecule has 9 heteroatoms. The molecule has 0 unspecified atom stereocenters. The van der Waals surface area contributed by atoms with Gasteiger partial charge in [0.1, 0.15) is 0 Å². The maximum atomic E-state index is 15.2. The van der Waals surface area contributed by atoms with Gasteiger partial charge in [0.05, 0.1) is 51.1 Å². The molecule has 0 N–H and O–H groups in total. The van der Waals surface area contributed by atoms with Crippen LogP contribution in [0.5, 0.6) is 0 Å². The van der Waals surface area contributed by atoms with Gasteiger partial charge in [-0.3, -0.25) is 0 Å². The summed E-state index contributed by atoms with van der Waals surface area (Å²) in [6.45, 7) is 15.5. The number of hydrogen-bond donors (Lipinski definition) is 0. The normalized spacial score (nSPS) is 12.4. The Kier molecular flexibility index (Phi) is 7.33. The molecule has 0 atom stereocenters. The van der Waals surface area contributed by atoms with Crippen LogP contribution in [-0.2, 0) is 12.4 Å². The number of alkyl halides is 6. The zero-order chi connectivity index (χ0) is 36.9. The number of benzene rings is 6. The largest absolute Gasteiger partial charge is 0.416 e. The van der Waals surface area contributed by atoms with Crippen molar-refractivity contribution >= 4 is 49.3 Å². The van der Waals surface area contributed by atoms with Crippen LogP contribution < -0.4 is 0 Å². The fraction of sp³-hybridized carbons (Fsp3) is 0.140. The minimum absolute atomic E-state index is 0.127. The molecule has 2 aromatic heterocycles. The van der Waals surface area contributed by atoms with Crippen LogP contribution in [0, 0.1) is 34.3 Å². The van der Waals surface area contributed by atoms with Crippen LogP contribution in [0.15, 0.2) is 103 Å². The summed E-state index contributed by atoms with van der Waals surface area (Å²) in [5.74, 6) is 0. The van der Waals surface area contributed by atoms with E-state index in [9.17, 15) is 0 Å². The van der Waals surface area contributed by atoms with E-state index in [0.717, 1.165) is 68.1 Å². The standard InChI is InChI=1S/C43H29F6N3/c1-23-9-13-28-29-14-10-24(2)18-35(29)51(34(28)17-23)38-21-27(42(44,45)46)22-39(41(38)40-32(43(47,48)49)7-6-8-33(40)50-5)52-36-19-25(3)11-15-30(36)31-16-12-26(4)20-37(31)52/h6-22H,1-4H3. The molecule has 0 saturated carbocycles. The second kappa shape index (κ2) is 11.5. The first-order valence-electron chi connectivity index (χ1n) is 16.5. The predicted molar refractivity (Wildman–Crippen MR) is 196 cm³/mol. The number of halogens is 6. The van der Waals surface area contributed by atoms with Crippen LogP contribution in [0.3, 0.4) is 0 Å². The van der Waals surface area contributed by atoms with Crippen molar-refractivity contribution in [2.45, 2.75) is 40.0 Å². The molecule has 8 aromatic rings. The Labute approximate surface area is 294 Å². The molecule has 0 saturated heterocycles.